The molecule has 7 N–H and O–H groups in total. The molecule has 10 nitrogen and oxygen atoms in total. The van der Waals surface area contributed by atoms with Crippen LogP contribution in [-0.4, -0.2) is 98.7 Å². The zero-order valence-corrected chi connectivity index (χ0v) is 31.5. The summed E-state index contributed by atoms with van der Waals surface area (Å²) in [5, 5.41) is 64.3. The molecule has 0 bridgehead atoms. The molecule has 0 aromatic carbocycles. The van der Waals surface area contributed by atoms with Gasteiger partial charge in [-0.1, -0.05) is 154 Å². The SMILES string of the molecule is CCCCCCCCC/C=C\CC/C=C/C(O)[C@H](CO[C@@H]1O[C@H](CO)[C@@H](O)[C@H](O)[C@H]1O)NC(=O)[C@H](O)CCCCCCCCCCCCCC. The molecular weight excluding hydrogens is 638 g/mol. The van der Waals surface area contributed by atoms with E-state index in [0.29, 0.717) is 19.3 Å². The molecule has 50 heavy (non-hydrogen) atoms. The molecule has 8 atom stereocenters. The van der Waals surface area contributed by atoms with Crippen molar-refractivity contribution in [1.82, 2.24) is 5.32 Å². The van der Waals surface area contributed by atoms with E-state index in [1.807, 2.05) is 6.08 Å². The molecule has 1 rings (SSSR count). The monoisotopic (exact) mass is 714 g/mol. The van der Waals surface area contributed by atoms with Crippen molar-refractivity contribution in [3.05, 3.63) is 24.3 Å². The van der Waals surface area contributed by atoms with Crippen LogP contribution in [0.25, 0.3) is 0 Å². The summed E-state index contributed by atoms with van der Waals surface area (Å²) >= 11 is 0. The van der Waals surface area contributed by atoms with Crippen molar-refractivity contribution in [2.75, 3.05) is 13.2 Å². The van der Waals surface area contributed by atoms with Gasteiger partial charge in [0.05, 0.1) is 25.4 Å². The molecule has 1 aliphatic heterocycles. The highest BCUT2D eigenvalue weighted by Gasteiger charge is 2.44. The Morgan fingerprint density at radius 1 is 0.680 bits per heavy atom. The van der Waals surface area contributed by atoms with Crippen molar-refractivity contribution in [3.63, 3.8) is 0 Å². The van der Waals surface area contributed by atoms with Crippen molar-refractivity contribution >= 4 is 5.91 Å². The second kappa shape index (κ2) is 31.2. The molecule has 0 saturated carbocycles. The number of ether oxygens (including phenoxy) is 2. The molecule has 1 unspecified atom stereocenters. The number of unbranched alkanes of at least 4 members (excludes halogenated alkanes) is 19. The summed E-state index contributed by atoms with van der Waals surface area (Å²) in [6.07, 6.45) is 24.1. The summed E-state index contributed by atoms with van der Waals surface area (Å²) in [6, 6.07) is -0.990. The summed E-state index contributed by atoms with van der Waals surface area (Å²) in [7, 11) is 0. The normalized spacial score (nSPS) is 23.1. The van der Waals surface area contributed by atoms with Gasteiger partial charge in [-0.2, -0.15) is 0 Å². The molecule has 0 aliphatic carbocycles. The Bertz CT molecular complexity index is 855. The number of hydrogen-bond acceptors (Lipinski definition) is 9. The van der Waals surface area contributed by atoms with Gasteiger partial charge in [-0.3, -0.25) is 4.79 Å². The van der Waals surface area contributed by atoms with Gasteiger partial charge in [0.15, 0.2) is 6.29 Å². The van der Waals surface area contributed by atoms with Crippen molar-refractivity contribution in [2.45, 2.75) is 210 Å². The lowest BCUT2D eigenvalue weighted by Crippen LogP contribution is -2.60. The van der Waals surface area contributed by atoms with Crippen LogP contribution in [0.2, 0.25) is 0 Å². The molecule has 0 aromatic rings. The van der Waals surface area contributed by atoms with Gasteiger partial charge in [0, 0.05) is 0 Å². The number of carbonyl (C=O) groups excluding carboxylic acids is 1. The van der Waals surface area contributed by atoms with E-state index in [2.05, 4.69) is 31.3 Å². The molecule has 1 fully saturated rings. The fourth-order valence-electron chi connectivity index (χ4n) is 6.24. The number of amides is 1. The number of hydrogen-bond donors (Lipinski definition) is 7. The molecule has 0 spiro atoms. The average Bonchev–Trinajstić information content (AvgIpc) is 3.11. The lowest BCUT2D eigenvalue weighted by Gasteiger charge is -2.40. The lowest BCUT2D eigenvalue weighted by atomic mass is 9.99. The summed E-state index contributed by atoms with van der Waals surface area (Å²) in [4.78, 5) is 12.9. The topological polar surface area (TPSA) is 169 Å². The van der Waals surface area contributed by atoms with Crippen LogP contribution in [0.5, 0.6) is 0 Å². The van der Waals surface area contributed by atoms with Gasteiger partial charge < -0.3 is 45.4 Å². The number of allylic oxidation sites excluding steroid dienone is 3. The second-order valence-electron chi connectivity index (χ2n) is 14.2. The maximum atomic E-state index is 12.9. The second-order valence-corrected chi connectivity index (χ2v) is 14.2. The van der Waals surface area contributed by atoms with Gasteiger partial charge in [0.2, 0.25) is 5.91 Å². The van der Waals surface area contributed by atoms with E-state index in [1.54, 1.807) is 6.08 Å². The van der Waals surface area contributed by atoms with Crippen LogP contribution in [0.4, 0.5) is 0 Å². The largest absolute Gasteiger partial charge is 0.394 e. The first-order valence-corrected chi connectivity index (χ1v) is 20.2. The van der Waals surface area contributed by atoms with Crippen LogP contribution in [0.15, 0.2) is 24.3 Å². The van der Waals surface area contributed by atoms with Crippen LogP contribution >= 0.6 is 0 Å². The summed E-state index contributed by atoms with van der Waals surface area (Å²) in [5.74, 6) is -0.628. The van der Waals surface area contributed by atoms with Crippen LogP contribution in [0.1, 0.15) is 162 Å². The highest BCUT2D eigenvalue weighted by atomic mass is 16.7. The minimum Gasteiger partial charge on any atom is -0.394 e. The maximum absolute atomic E-state index is 12.9. The minimum atomic E-state index is -1.61. The Hall–Kier alpha value is -1.37. The van der Waals surface area contributed by atoms with Crippen LogP contribution in [0, 0.1) is 0 Å². The Kier molecular flexibility index (Phi) is 29.1. The quantitative estimate of drug-likeness (QED) is 0.0320. The smallest absolute Gasteiger partial charge is 0.249 e. The molecule has 1 aliphatic rings. The predicted molar refractivity (Wildman–Crippen MR) is 199 cm³/mol. The van der Waals surface area contributed by atoms with E-state index in [0.717, 1.165) is 32.1 Å². The maximum Gasteiger partial charge on any atom is 0.249 e. The van der Waals surface area contributed by atoms with E-state index in [-0.39, 0.29) is 6.61 Å². The number of carbonyl (C=O) groups is 1. The van der Waals surface area contributed by atoms with Crippen molar-refractivity contribution in [1.29, 1.82) is 0 Å². The molecule has 294 valence electrons. The number of aliphatic hydroxyl groups is 6. The first kappa shape index (κ1) is 46.7. The molecule has 1 amide bonds. The third-order valence-corrected chi connectivity index (χ3v) is 9.64. The molecule has 10 heteroatoms. The Balaban J connectivity index is 2.54. The highest BCUT2D eigenvalue weighted by Crippen LogP contribution is 2.22. The van der Waals surface area contributed by atoms with Gasteiger partial charge in [-0.05, 0) is 32.1 Å². The van der Waals surface area contributed by atoms with E-state index in [4.69, 9.17) is 9.47 Å². The van der Waals surface area contributed by atoms with Crippen LogP contribution < -0.4 is 5.32 Å². The van der Waals surface area contributed by atoms with Gasteiger partial charge in [0.1, 0.15) is 30.5 Å². The molecule has 1 heterocycles. The van der Waals surface area contributed by atoms with Gasteiger partial charge in [0.25, 0.3) is 0 Å². The number of nitrogens with one attached hydrogen (secondary N) is 1. The fraction of sp³-hybridized carbons (Fsp3) is 0.875. The zero-order chi connectivity index (χ0) is 36.8. The Morgan fingerprint density at radius 2 is 1.18 bits per heavy atom. The highest BCUT2D eigenvalue weighted by molar-refractivity contribution is 5.80. The molecule has 0 radical (unpaired) electrons. The van der Waals surface area contributed by atoms with E-state index >= 15 is 0 Å². The third-order valence-electron chi connectivity index (χ3n) is 9.64. The number of rotatable bonds is 32. The van der Waals surface area contributed by atoms with E-state index in [1.165, 1.54) is 96.3 Å². The fourth-order valence-corrected chi connectivity index (χ4v) is 6.24. The van der Waals surface area contributed by atoms with Gasteiger partial charge >= 0.3 is 0 Å². The zero-order valence-electron chi connectivity index (χ0n) is 31.5. The summed E-state index contributed by atoms with van der Waals surface area (Å²) < 4.78 is 11.1. The lowest BCUT2D eigenvalue weighted by molar-refractivity contribution is -0.302. The van der Waals surface area contributed by atoms with Crippen molar-refractivity contribution < 1.29 is 44.9 Å². The summed E-state index contributed by atoms with van der Waals surface area (Å²) in [6.45, 7) is 3.54. The third kappa shape index (κ3) is 21.9. The number of aliphatic hydroxyl groups excluding tert-OH is 6. The van der Waals surface area contributed by atoms with Crippen molar-refractivity contribution in [2.24, 2.45) is 0 Å². The first-order valence-electron chi connectivity index (χ1n) is 20.2. The van der Waals surface area contributed by atoms with Gasteiger partial charge in [-0.25, -0.2) is 0 Å². The standard InChI is InChI=1S/C40H75NO9/c1-3-5-7-9-11-13-15-17-19-20-22-24-26-28-33(43)32(31-49-40-38(47)37(46)36(45)35(30-42)50-40)41-39(48)34(44)29-27-25-23-21-18-16-14-12-10-8-6-4-2/h19-20,26,28,32-38,40,42-47H,3-18,21-25,27,29-31H2,1-2H3,(H,41,48)/b20-19-,28-26+/t32-,33?,34+,35+,36+,37-,38+,40+/m0/s1. The Morgan fingerprint density at radius 3 is 1.74 bits per heavy atom. The van der Waals surface area contributed by atoms with Crippen molar-refractivity contribution in [3.8, 4) is 0 Å². The molecule has 1 saturated heterocycles. The van der Waals surface area contributed by atoms with Crippen LogP contribution in [-0.2, 0) is 14.3 Å². The average molecular weight is 714 g/mol. The van der Waals surface area contributed by atoms with Crippen LogP contribution in [0.3, 0.4) is 0 Å². The molecule has 0 aromatic heterocycles. The first-order chi connectivity index (χ1) is 24.3. The molecular formula is C40H75NO9. The van der Waals surface area contributed by atoms with Gasteiger partial charge in [-0.15, -0.1) is 0 Å². The minimum absolute atomic E-state index is 0.306. The van der Waals surface area contributed by atoms with E-state index < -0.39 is 61.5 Å². The summed E-state index contributed by atoms with van der Waals surface area (Å²) in [5.41, 5.74) is 0. The Labute approximate surface area is 303 Å². The predicted octanol–water partition coefficient (Wildman–Crippen LogP) is 6.13. The van der Waals surface area contributed by atoms with E-state index in [9.17, 15) is 35.4 Å².